The first kappa shape index (κ1) is 23.6. The molecule has 0 unspecified atom stereocenters. The first-order valence-corrected chi connectivity index (χ1v) is 11.5. The highest BCUT2D eigenvalue weighted by atomic mass is 16.6. The zero-order valence-electron chi connectivity index (χ0n) is 19.7. The van der Waals surface area contributed by atoms with Crippen LogP contribution in [0.4, 0.5) is 11.4 Å². The lowest BCUT2D eigenvalue weighted by Crippen LogP contribution is -2.33. The zero-order chi connectivity index (χ0) is 26.1. The van der Waals surface area contributed by atoms with Gasteiger partial charge in [0.2, 0.25) is 5.52 Å². The van der Waals surface area contributed by atoms with Crippen LogP contribution in [-0.2, 0) is 4.74 Å². The summed E-state index contributed by atoms with van der Waals surface area (Å²) in [6.07, 6.45) is 1.75. The van der Waals surface area contributed by atoms with Gasteiger partial charge in [0, 0.05) is 42.0 Å². The van der Waals surface area contributed by atoms with E-state index in [4.69, 9.17) is 4.74 Å². The van der Waals surface area contributed by atoms with Crippen molar-refractivity contribution in [2.45, 2.75) is 6.92 Å². The van der Waals surface area contributed by atoms with E-state index in [1.807, 2.05) is 36.4 Å². The van der Waals surface area contributed by atoms with E-state index >= 15 is 0 Å². The van der Waals surface area contributed by atoms with E-state index in [9.17, 15) is 25.0 Å². The monoisotopic (exact) mass is 494 g/mol. The van der Waals surface area contributed by atoms with Crippen LogP contribution in [0.25, 0.3) is 38.5 Å². The summed E-state index contributed by atoms with van der Waals surface area (Å²) in [5, 5.41) is 24.9. The molecule has 9 heteroatoms. The number of hydrogen-bond acceptors (Lipinski definition) is 6. The molecule has 0 spiro atoms. The quantitative estimate of drug-likeness (QED) is 0.0953. The molecule has 0 radical (unpaired) electrons. The van der Waals surface area contributed by atoms with Gasteiger partial charge in [-0.15, -0.1) is 0 Å². The molecule has 0 amide bonds. The summed E-state index contributed by atoms with van der Waals surface area (Å²) in [5.74, 6) is -0.624. The summed E-state index contributed by atoms with van der Waals surface area (Å²) < 4.78 is 7.14. The molecule has 0 saturated heterocycles. The first-order chi connectivity index (χ1) is 17.9. The number of nitro benzene ring substituents is 2. The minimum atomic E-state index is -0.624. The third-order valence-corrected chi connectivity index (χ3v) is 6.11. The molecule has 0 aliphatic rings. The van der Waals surface area contributed by atoms with Crippen LogP contribution in [-0.4, -0.2) is 22.4 Å². The number of esters is 1. The molecule has 0 aliphatic carbocycles. The van der Waals surface area contributed by atoms with E-state index in [-0.39, 0.29) is 23.7 Å². The average Bonchev–Trinajstić information content (AvgIpc) is 2.92. The van der Waals surface area contributed by atoms with Crippen LogP contribution in [0.3, 0.4) is 0 Å². The number of hydrogen-bond donors (Lipinski definition) is 0. The van der Waals surface area contributed by atoms with Gasteiger partial charge in [-0.25, -0.2) is 4.79 Å². The standard InChI is InChI=1S/C28H20N3O6/c1-2-37-28(32)27-26(20-9-6-11-22(16-20)31(35)36)24(19-8-5-10-21(15-19)30(33)34)17-25-23-12-4-3-7-18(23)13-14-29(25)27/h3-17H,2H2,1H3/q+1. The molecule has 0 N–H and O–H groups in total. The fourth-order valence-corrected chi connectivity index (χ4v) is 4.52. The topological polar surface area (TPSA) is 117 Å². The Labute approximate surface area is 210 Å². The van der Waals surface area contributed by atoms with E-state index < -0.39 is 15.8 Å². The maximum atomic E-state index is 13.5. The molecule has 2 aromatic heterocycles. The van der Waals surface area contributed by atoms with Crippen LogP contribution >= 0.6 is 0 Å². The molecule has 0 bridgehead atoms. The number of carbonyl (C=O) groups is 1. The predicted octanol–water partition coefficient (Wildman–Crippen LogP) is 5.91. The predicted molar refractivity (Wildman–Crippen MR) is 137 cm³/mol. The number of non-ortho nitro benzene ring substituents is 2. The van der Waals surface area contributed by atoms with Gasteiger partial charge in [-0.05, 0) is 29.5 Å². The fourth-order valence-electron chi connectivity index (χ4n) is 4.52. The first-order valence-electron chi connectivity index (χ1n) is 11.5. The van der Waals surface area contributed by atoms with E-state index in [2.05, 4.69) is 0 Å². The summed E-state index contributed by atoms with van der Waals surface area (Å²) >= 11 is 0. The number of carbonyl (C=O) groups excluding carboxylic acids is 1. The molecule has 0 atom stereocenters. The molecule has 0 saturated carbocycles. The molecule has 9 nitrogen and oxygen atoms in total. The van der Waals surface area contributed by atoms with Crippen molar-refractivity contribution < 1.29 is 23.8 Å². The SMILES string of the molecule is CCOC(=O)c1c(-c2cccc([N+](=O)[O-])c2)c(-c2cccc([N+](=O)[O-])c2)cc2c3ccccc3cc[n+]12. The number of pyridine rings is 2. The van der Waals surface area contributed by atoms with Crippen molar-refractivity contribution in [3.8, 4) is 22.3 Å². The minimum Gasteiger partial charge on any atom is -0.458 e. The number of nitrogens with zero attached hydrogens (tertiary/aromatic N) is 3. The minimum absolute atomic E-state index is 0.115. The zero-order valence-corrected chi connectivity index (χ0v) is 19.7. The molecule has 5 rings (SSSR count). The molecule has 0 aliphatic heterocycles. The summed E-state index contributed by atoms with van der Waals surface area (Å²) in [5.41, 5.74) is 2.33. The second-order valence-corrected chi connectivity index (χ2v) is 8.28. The Kier molecular flexibility index (Phi) is 6.02. The van der Waals surface area contributed by atoms with Crippen molar-refractivity contribution in [1.29, 1.82) is 0 Å². The lowest BCUT2D eigenvalue weighted by Gasteiger charge is -2.14. The van der Waals surface area contributed by atoms with Gasteiger partial charge in [-0.2, -0.15) is 4.40 Å². The normalized spacial score (nSPS) is 10.9. The van der Waals surface area contributed by atoms with E-state index in [0.29, 0.717) is 27.8 Å². The summed E-state index contributed by atoms with van der Waals surface area (Å²) in [6.45, 7) is 1.81. The van der Waals surface area contributed by atoms with Crippen LogP contribution < -0.4 is 4.40 Å². The van der Waals surface area contributed by atoms with Gasteiger partial charge in [0.05, 0.1) is 27.4 Å². The van der Waals surface area contributed by atoms with Crippen LogP contribution in [0.2, 0.25) is 0 Å². The highest BCUT2D eigenvalue weighted by Crippen LogP contribution is 2.38. The maximum Gasteiger partial charge on any atom is 0.404 e. The Bertz CT molecular complexity index is 1730. The molecule has 0 fully saturated rings. The van der Waals surface area contributed by atoms with Crippen LogP contribution in [0.15, 0.2) is 91.1 Å². The number of aromatic nitrogens is 1. The third-order valence-electron chi connectivity index (χ3n) is 6.11. The Balaban J connectivity index is 1.99. The van der Waals surface area contributed by atoms with Gasteiger partial charge >= 0.3 is 11.7 Å². The highest BCUT2D eigenvalue weighted by molar-refractivity contribution is 6.03. The number of rotatable bonds is 6. The molecule has 37 heavy (non-hydrogen) atoms. The van der Waals surface area contributed by atoms with Crippen molar-refractivity contribution in [2.24, 2.45) is 0 Å². The number of ether oxygens (including phenoxy) is 1. The molecule has 2 heterocycles. The van der Waals surface area contributed by atoms with Gasteiger partial charge in [0.1, 0.15) is 0 Å². The van der Waals surface area contributed by atoms with E-state index in [1.54, 1.807) is 35.7 Å². The van der Waals surface area contributed by atoms with Gasteiger partial charge in [0.15, 0.2) is 6.20 Å². The van der Waals surface area contributed by atoms with Gasteiger partial charge in [-0.1, -0.05) is 42.5 Å². The molecule has 3 aromatic carbocycles. The molecular formula is C28H20N3O6+. The van der Waals surface area contributed by atoms with Crippen molar-refractivity contribution in [3.63, 3.8) is 0 Å². The number of fused-ring (bicyclic) bond motifs is 3. The van der Waals surface area contributed by atoms with Gasteiger partial charge in [0.25, 0.3) is 11.4 Å². The smallest absolute Gasteiger partial charge is 0.404 e. The Hall–Kier alpha value is -5.18. The number of benzene rings is 3. The maximum absolute atomic E-state index is 13.5. The lowest BCUT2D eigenvalue weighted by molar-refractivity contribution is -0.513. The summed E-state index contributed by atoms with van der Waals surface area (Å²) in [6, 6.07) is 23.4. The van der Waals surface area contributed by atoms with Gasteiger partial charge < -0.3 is 4.74 Å². The van der Waals surface area contributed by atoms with E-state index in [1.165, 1.54) is 30.3 Å². The summed E-state index contributed by atoms with van der Waals surface area (Å²) in [4.78, 5) is 35.6. The molecular weight excluding hydrogens is 474 g/mol. The average molecular weight is 494 g/mol. The Morgan fingerprint density at radius 3 is 2.16 bits per heavy atom. The van der Waals surface area contributed by atoms with Crippen molar-refractivity contribution in [3.05, 3.63) is 117 Å². The summed E-state index contributed by atoms with van der Waals surface area (Å²) in [7, 11) is 0. The van der Waals surface area contributed by atoms with Crippen LogP contribution in [0, 0.1) is 20.2 Å². The third kappa shape index (κ3) is 4.23. The van der Waals surface area contributed by atoms with E-state index in [0.717, 1.165) is 10.8 Å². The Morgan fingerprint density at radius 2 is 1.49 bits per heavy atom. The van der Waals surface area contributed by atoms with Gasteiger partial charge in [-0.3, -0.25) is 20.2 Å². The Morgan fingerprint density at radius 1 is 0.838 bits per heavy atom. The lowest BCUT2D eigenvalue weighted by atomic mass is 9.91. The largest absolute Gasteiger partial charge is 0.458 e. The highest BCUT2D eigenvalue weighted by Gasteiger charge is 2.32. The number of nitro groups is 2. The van der Waals surface area contributed by atoms with Crippen LogP contribution in [0.1, 0.15) is 17.4 Å². The van der Waals surface area contributed by atoms with Crippen LogP contribution in [0.5, 0.6) is 0 Å². The second kappa shape index (κ2) is 9.46. The second-order valence-electron chi connectivity index (χ2n) is 8.28. The van der Waals surface area contributed by atoms with Crippen molar-refractivity contribution in [1.82, 2.24) is 0 Å². The molecule has 5 aromatic rings. The van der Waals surface area contributed by atoms with Crippen molar-refractivity contribution in [2.75, 3.05) is 6.61 Å². The van der Waals surface area contributed by atoms with Crippen molar-refractivity contribution >= 4 is 33.6 Å². The fraction of sp³-hybridized carbons (Fsp3) is 0.0714. The molecule has 182 valence electrons.